The van der Waals surface area contributed by atoms with Gasteiger partial charge in [-0.3, -0.25) is 14.6 Å². The third-order valence-electron chi connectivity index (χ3n) is 8.36. The fourth-order valence-electron chi connectivity index (χ4n) is 6.16. The van der Waals surface area contributed by atoms with E-state index in [0.29, 0.717) is 17.6 Å². The molecule has 42 heavy (non-hydrogen) atoms. The maximum atomic E-state index is 13.5. The van der Waals surface area contributed by atoms with Crippen LogP contribution in [0.2, 0.25) is 0 Å². The number of nitrogens with two attached hydrogens (primary N) is 1. The van der Waals surface area contributed by atoms with E-state index in [-0.39, 0.29) is 22.7 Å². The Hall–Kier alpha value is -3.68. The first-order valence-electron chi connectivity index (χ1n) is 14.2. The fourth-order valence-corrected chi connectivity index (χ4v) is 6.16. The summed E-state index contributed by atoms with van der Waals surface area (Å²) >= 11 is 0. The van der Waals surface area contributed by atoms with E-state index in [2.05, 4.69) is 19.7 Å². The monoisotopic (exact) mass is 585 g/mol. The Bertz CT molecular complexity index is 1530. The number of ether oxygens (including phenoxy) is 2. The van der Waals surface area contributed by atoms with E-state index in [1.54, 1.807) is 12.3 Å². The molecule has 4 aromatic rings. The van der Waals surface area contributed by atoms with E-state index in [1.807, 2.05) is 6.92 Å². The number of hydrogen-bond acceptors (Lipinski definition) is 8. The predicted octanol–water partition coefficient (Wildman–Crippen LogP) is 3.88. The van der Waals surface area contributed by atoms with Crippen LogP contribution >= 0.6 is 0 Å². The third-order valence-corrected chi connectivity index (χ3v) is 8.36. The Morgan fingerprint density at radius 2 is 1.88 bits per heavy atom. The molecule has 10 nitrogen and oxygen atoms in total. The van der Waals surface area contributed by atoms with Crippen molar-refractivity contribution in [1.29, 1.82) is 0 Å². The summed E-state index contributed by atoms with van der Waals surface area (Å²) in [5.41, 5.74) is 10.1. The average molecular weight is 586 g/mol. The van der Waals surface area contributed by atoms with Crippen LogP contribution in [0.4, 0.5) is 13.2 Å². The van der Waals surface area contributed by atoms with Crippen molar-refractivity contribution in [3.8, 4) is 22.8 Å². The number of hydrogen-bond donors (Lipinski definition) is 2. The molecule has 4 aromatic heterocycles. The number of pyridine rings is 2. The first-order valence-corrected chi connectivity index (χ1v) is 14.2. The lowest BCUT2D eigenvalue weighted by atomic mass is 9.90. The van der Waals surface area contributed by atoms with E-state index in [9.17, 15) is 18.3 Å². The highest BCUT2D eigenvalue weighted by Gasteiger charge is 2.28. The van der Waals surface area contributed by atoms with Crippen LogP contribution < -0.4 is 15.2 Å². The van der Waals surface area contributed by atoms with Gasteiger partial charge in [0.2, 0.25) is 0 Å². The van der Waals surface area contributed by atoms with Gasteiger partial charge in [0, 0.05) is 49.0 Å². The summed E-state index contributed by atoms with van der Waals surface area (Å²) in [4.78, 5) is 6.58. The molecule has 13 heteroatoms. The van der Waals surface area contributed by atoms with Crippen molar-refractivity contribution < 1.29 is 27.8 Å². The van der Waals surface area contributed by atoms with Crippen molar-refractivity contribution in [2.75, 3.05) is 19.7 Å². The highest BCUT2D eigenvalue weighted by atomic mass is 19.3. The summed E-state index contributed by atoms with van der Waals surface area (Å²) in [6, 6.07) is 5.14. The number of fused-ring (bicyclic) bond motifs is 2. The van der Waals surface area contributed by atoms with Crippen LogP contribution in [-0.4, -0.2) is 72.8 Å². The summed E-state index contributed by atoms with van der Waals surface area (Å²) in [6.07, 6.45) is 8.12. The normalized spacial score (nSPS) is 20.5. The van der Waals surface area contributed by atoms with Gasteiger partial charge in [-0.2, -0.15) is 19.0 Å². The number of halogens is 3. The van der Waals surface area contributed by atoms with Crippen molar-refractivity contribution in [1.82, 2.24) is 29.3 Å². The Morgan fingerprint density at radius 1 is 1.07 bits per heavy atom. The third kappa shape index (κ3) is 5.68. The molecule has 3 N–H and O–H groups in total. The number of aliphatic hydroxyl groups excluding tert-OH is 1. The second kappa shape index (κ2) is 11.9. The van der Waals surface area contributed by atoms with E-state index < -0.39 is 25.1 Å². The van der Waals surface area contributed by atoms with Crippen molar-refractivity contribution >= 4 is 5.52 Å². The molecule has 2 aliphatic rings. The van der Waals surface area contributed by atoms with Crippen LogP contribution in [0.25, 0.3) is 16.8 Å². The zero-order valence-corrected chi connectivity index (χ0v) is 23.3. The first kappa shape index (κ1) is 28.4. The standard InChI is InChI=1S/C29H34F3N7O3/c1-17-23-8-9-37(21-5-3-20(33)4-6-21)10-11-38(23)36-27(17)18-12-24(28-25(42-29(31)32)14-35-39(28)15-18)41-26(16-40)22-7-2-19(30)13-34-22/h2,7,12-15,20-21,26,29,40H,3-6,8-11,16,33H2,1H3. The lowest BCUT2D eigenvalue weighted by Crippen LogP contribution is -2.42. The Balaban J connectivity index is 1.33. The average Bonchev–Trinajstić information content (AvgIpc) is 3.44. The molecule has 0 aromatic carbocycles. The molecule has 1 unspecified atom stereocenters. The lowest BCUT2D eigenvalue weighted by Gasteiger charge is -2.35. The number of aromatic nitrogens is 5. The van der Waals surface area contributed by atoms with Gasteiger partial charge in [-0.25, -0.2) is 8.91 Å². The quantitative estimate of drug-likeness (QED) is 0.320. The molecule has 0 saturated heterocycles. The van der Waals surface area contributed by atoms with Gasteiger partial charge >= 0.3 is 6.61 Å². The van der Waals surface area contributed by atoms with Crippen molar-refractivity contribution in [2.24, 2.45) is 5.73 Å². The van der Waals surface area contributed by atoms with Crippen LogP contribution in [0, 0.1) is 12.7 Å². The van der Waals surface area contributed by atoms with Gasteiger partial charge in [-0.1, -0.05) is 0 Å². The highest BCUT2D eigenvalue weighted by molar-refractivity contribution is 5.75. The SMILES string of the molecule is Cc1c(-c2cc(OC(CO)c3ccc(F)cn3)c3c(OC(F)F)cnn3c2)nn2c1CCN(C1CCC(N)CC1)CC2. The smallest absolute Gasteiger partial charge is 0.387 e. The molecule has 1 fully saturated rings. The molecule has 0 radical (unpaired) electrons. The van der Waals surface area contributed by atoms with E-state index in [4.69, 9.17) is 20.3 Å². The van der Waals surface area contributed by atoms with Crippen LogP contribution in [0.1, 0.15) is 48.7 Å². The van der Waals surface area contributed by atoms with Crippen LogP contribution in [0.5, 0.6) is 11.5 Å². The molecule has 1 atom stereocenters. The lowest BCUT2D eigenvalue weighted by molar-refractivity contribution is -0.0489. The minimum absolute atomic E-state index is 0.134. The van der Waals surface area contributed by atoms with Crippen molar-refractivity contribution in [3.63, 3.8) is 0 Å². The summed E-state index contributed by atoms with van der Waals surface area (Å²) in [6.45, 7) is 1.05. The molecule has 0 spiro atoms. The molecule has 1 aliphatic carbocycles. The summed E-state index contributed by atoms with van der Waals surface area (Å²) in [5.74, 6) is -0.587. The summed E-state index contributed by atoms with van der Waals surface area (Å²) < 4.78 is 54.2. The van der Waals surface area contributed by atoms with Crippen LogP contribution in [-0.2, 0) is 13.0 Å². The van der Waals surface area contributed by atoms with E-state index in [0.717, 1.165) is 74.9 Å². The zero-order valence-electron chi connectivity index (χ0n) is 23.3. The molecule has 224 valence electrons. The maximum absolute atomic E-state index is 13.5. The molecular formula is C29H34F3N7O3. The number of nitrogens with zero attached hydrogens (tertiary/aromatic N) is 6. The number of aliphatic hydroxyl groups is 1. The molecule has 0 amide bonds. The summed E-state index contributed by atoms with van der Waals surface area (Å²) in [5, 5.41) is 19.3. The Morgan fingerprint density at radius 3 is 2.60 bits per heavy atom. The summed E-state index contributed by atoms with van der Waals surface area (Å²) in [7, 11) is 0. The number of rotatable bonds is 8. The maximum Gasteiger partial charge on any atom is 0.387 e. The fraction of sp³-hybridized carbons (Fsp3) is 0.483. The second-order valence-electron chi connectivity index (χ2n) is 11.0. The molecule has 6 rings (SSSR count). The predicted molar refractivity (Wildman–Crippen MR) is 148 cm³/mol. The largest absolute Gasteiger partial charge is 0.479 e. The molecular weight excluding hydrogens is 551 g/mol. The van der Waals surface area contributed by atoms with Gasteiger partial charge in [0.1, 0.15) is 5.82 Å². The first-order chi connectivity index (χ1) is 20.3. The van der Waals surface area contributed by atoms with Gasteiger partial charge in [-0.05, 0) is 56.4 Å². The van der Waals surface area contributed by atoms with Crippen molar-refractivity contribution in [2.45, 2.75) is 70.4 Å². The van der Waals surface area contributed by atoms with Gasteiger partial charge < -0.3 is 20.3 Å². The second-order valence-corrected chi connectivity index (χ2v) is 11.0. The number of alkyl halides is 2. The molecule has 1 saturated carbocycles. The highest BCUT2D eigenvalue weighted by Crippen LogP contribution is 2.38. The van der Waals surface area contributed by atoms with Crippen LogP contribution in [0.3, 0.4) is 0 Å². The minimum atomic E-state index is -3.08. The molecule has 1 aliphatic heterocycles. The van der Waals surface area contributed by atoms with Gasteiger partial charge in [-0.15, -0.1) is 0 Å². The molecule has 5 heterocycles. The van der Waals surface area contributed by atoms with Gasteiger partial charge in [0.05, 0.1) is 36.9 Å². The topological polar surface area (TPSA) is 116 Å². The Labute approximate surface area is 240 Å². The van der Waals surface area contributed by atoms with Crippen LogP contribution in [0.15, 0.2) is 36.8 Å². The Kier molecular flexibility index (Phi) is 8.06. The van der Waals surface area contributed by atoms with E-state index >= 15 is 0 Å². The van der Waals surface area contributed by atoms with Crippen molar-refractivity contribution in [3.05, 3.63) is 59.6 Å². The van der Waals surface area contributed by atoms with Gasteiger partial charge in [0.15, 0.2) is 23.1 Å². The zero-order chi connectivity index (χ0) is 29.4. The van der Waals surface area contributed by atoms with Gasteiger partial charge in [0.25, 0.3) is 0 Å². The minimum Gasteiger partial charge on any atom is -0.479 e. The molecule has 0 bridgehead atoms. The van der Waals surface area contributed by atoms with E-state index in [1.165, 1.54) is 22.8 Å².